The Kier molecular flexibility index (Phi) is 5.37. The topological polar surface area (TPSA) is 47.3 Å². The summed E-state index contributed by atoms with van der Waals surface area (Å²) >= 11 is 5.95. The molecule has 2 aromatic carbocycles. The fourth-order valence-electron chi connectivity index (χ4n) is 2.24. The van der Waals surface area contributed by atoms with Gasteiger partial charge in [0.25, 0.3) is 0 Å². The van der Waals surface area contributed by atoms with Crippen molar-refractivity contribution in [3.63, 3.8) is 0 Å². The summed E-state index contributed by atoms with van der Waals surface area (Å²) in [6, 6.07) is 13.5. The van der Waals surface area contributed by atoms with Crippen LogP contribution in [0.15, 0.2) is 59.1 Å². The molecule has 0 aliphatic heterocycles. The standard InChI is InChI=1S/C18H14ClF3N2O2/c19-13-5-3-4-12(8-13)16-9-24-17(26-16)10-23-14-6-1-2-7-15(14)25-11-18(20,21)22/h1-9,23H,10-11H2. The minimum Gasteiger partial charge on any atom is -0.482 e. The molecule has 0 unspecified atom stereocenters. The van der Waals surface area contributed by atoms with E-state index in [4.69, 9.17) is 20.8 Å². The highest BCUT2D eigenvalue weighted by atomic mass is 35.5. The summed E-state index contributed by atoms with van der Waals surface area (Å²) in [4.78, 5) is 4.16. The van der Waals surface area contributed by atoms with E-state index in [1.54, 1.807) is 42.6 Å². The Bertz CT molecular complexity index is 881. The van der Waals surface area contributed by atoms with E-state index in [0.717, 1.165) is 5.56 Å². The Morgan fingerprint density at radius 3 is 2.69 bits per heavy atom. The molecule has 4 nitrogen and oxygen atoms in total. The van der Waals surface area contributed by atoms with Crippen LogP contribution in [-0.2, 0) is 6.54 Å². The second-order valence-electron chi connectivity index (χ2n) is 5.38. The fraction of sp³-hybridized carbons (Fsp3) is 0.167. The minimum atomic E-state index is -4.40. The van der Waals surface area contributed by atoms with Crippen LogP contribution in [0.5, 0.6) is 5.75 Å². The highest BCUT2D eigenvalue weighted by molar-refractivity contribution is 6.30. The molecule has 0 radical (unpaired) electrons. The number of aromatic nitrogens is 1. The summed E-state index contributed by atoms with van der Waals surface area (Å²) in [5.41, 5.74) is 1.20. The summed E-state index contributed by atoms with van der Waals surface area (Å²) in [6.45, 7) is -1.17. The molecule has 0 saturated carbocycles. The van der Waals surface area contributed by atoms with Gasteiger partial charge in [-0.05, 0) is 24.3 Å². The van der Waals surface area contributed by atoms with Crippen LogP contribution in [0, 0.1) is 0 Å². The lowest BCUT2D eigenvalue weighted by atomic mass is 10.2. The number of hydrogen-bond acceptors (Lipinski definition) is 4. The molecule has 1 heterocycles. The molecule has 3 aromatic rings. The van der Waals surface area contributed by atoms with Crippen molar-refractivity contribution in [2.75, 3.05) is 11.9 Å². The quantitative estimate of drug-likeness (QED) is 0.607. The molecule has 0 fully saturated rings. The van der Waals surface area contributed by atoms with Crippen molar-refractivity contribution in [3.05, 3.63) is 65.6 Å². The van der Waals surface area contributed by atoms with Crippen molar-refractivity contribution >= 4 is 17.3 Å². The van der Waals surface area contributed by atoms with Crippen LogP contribution in [-0.4, -0.2) is 17.8 Å². The lowest BCUT2D eigenvalue weighted by Gasteiger charge is -2.13. The average molecular weight is 383 g/mol. The second-order valence-corrected chi connectivity index (χ2v) is 5.82. The van der Waals surface area contributed by atoms with E-state index in [-0.39, 0.29) is 12.3 Å². The number of hydrogen-bond donors (Lipinski definition) is 1. The number of nitrogens with zero attached hydrogens (tertiary/aromatic N) is 1. The molecule has 0 saturated heterocycles. The van der Waals surface area contributed by atoms with E-state index in [1.807, 2.05) is 6.07 Å². The number of halogens is 4. The first kappa shape index (κ1) is 18.1. The van der Waals surface area contributed by atoms with Gasteiger partial charge in [0, 0.05) is 10.6 Å². The highest BCUT2D eigenvalue weighted by Crippen LogP contribution is 2.28. The summed E-state index contributed by atoms with van der Waals surface area (Å²) in [6.07, 6.45) is -2.84. The number of ether oxygens (including phenoxy) is 1. The van der Waals surface area contributed by atoms with Crippen molar-refractivity contribution in [2.24, 2.45) is 0 Å². The number of rotatable bonds is 6. The van der Waals surface area contributed by atoms with Gasteiger partial charge >= 0.3 is 6.18 Å². The molecular formula is C18H14ClF3N2O2. The molecule has 0 aliphatic carbocycles. The predicted octanol–water partition coefficient (Wildman–Crippen LogP) is 5.55. The lowest BCUT2D eigenvalue weighted by molar-refractivity contribution is -0.153. The monoisotopic (exact) mass is 382 g/mol. The van der Waals surface area contributed by atoms with Gasteiger partial charge in [-0.25, -0.2) is 4.98 Å². The van der Waals surface area contributed by atoms with Gasteiger partial charge in [0.2, 0.25) is 5.89 Å². The van der Waals surface area contributed by atoms with Crippen molar-refractivity contribution in [1.82, 2.24) is 4.98 Å². The first-order valence-electron chi connectivity index (χ1n) is 7.64. The molecular weight excluding hydrogens is 369 g/mol. The summed E-state index contributed by atoms with van der Waals surface area (Å²) in [7, 11) is 0. The van der Waals surface area contributed by atoms with Gasteiger partial charge in [-0.3, -0.25) is 0 Å². The van der Waals surface area contributed by atoms with Crippen molar-refractivity contribution in [3.8, 4) is 17.1 Å². The Hall–Kier alpha value is -2.67. The number of anilines is 1. The first-order valence-corrected chi connectivity index (χ1v) is 8.01. The highest BCUT2D eigenvalue weighted by Gasteiger charge is 2.28. The zero-order chi connectivity index (χ0) is 18.6. The van der Waals surface area contributed by atoms with E-state index in [9.17, 15) is 13.2 Å². The smallest absolute Gasteiger partial charge is 0.422 e. The number of oxazole rings is 1. The van der Waals surface area contributed by atoms with Gasteiger partial charge in [0.05, 0.1) is 18.4 Å². The average Bonchev–Trinajstić information content (AvgIpc) is 3.07. The Labute approximate surface area is 152 Å². The van der Waals surface area contributed by atoms with Gasteiger partial charge in [-0.15, -0.1) is 0 Å². The van der Waals surface area contributed by atoms with Gasteiger partial charge in [-0.2, -0.15) is 13.2 Å². The van der Waals surface area contributed by atoms with Crippen LogP contribution < -0.4 is 10.1 Å². The predicted molar refractivity (Wildman–Crippen MR) is 92.3 cm³/mol. The van der Waals surface area contributed by atoms with Gasteiger partial charge in [0.1, 0.15) is 5.75 Å². The SMILES string of the molecule is FC(F)(F)COc1ccccc1NCc1ncc(-c2cccc(Cl)c2)o1. The Morgan fingerprint density at radius 1 is 1.12 bits per heavy atom. The van der Waals surface area contributed by atoms with Gasteiger partial charge in [0.15, 0.2) is 12.4 Å². The van der Waals surface area contributed by atoms with E-state index in [1.165, 1.54) is 6.07 Å². The molecule has 0 bridgehead atoms. The Morgan fingerprint density at radius 2 is 1.92 bits per heavy atom. The molecule has 1 aromatic heterocycles. The van der Waals surface area contributed by atoms with Crippen LogP contribution in [0.4, 0.5) is 18.9 Å². The molecule has 8 heteroatoms. The number of benzene rings is 2. The normalized spacial score (nSPS) is 11.4. The zero-order valence-corrected chi connectivity index (χ0v) is 14.1. The van der Waals surface area contributed by atoms with E-state index in [2.05, 4.69) is 10.3 Å². The van der Waals surface area contributed by atoms with Crippen LogP contribution in [0.25, 0.3) is 11.3 Å². The number of alkyl halides is 3. The maximum Gasteiger partial charge on any atom is 0.422 e. The van der Waals surface area contributed by atoms with E-state index >= 15 is 0 Å². The maximum absolute atomic E-state index is 12.3. The second kappa shape index (κ2) is 7.70. The van der Waals surface area contributed by atoms with Crippen molar-refractivity contribution in [2.45, 2.75) is 12.7 Å². The third-order valence-electron chi connectivity index (χ3n) is 3.37. The summed E-state index contributed by atoms with van der Waals surface area (Å²) in [5.74, 6) is 1.03. The largest absolute Gasteiger partial charge is 0.482 e. The molecule has 0 amide bonds. The molecule has 1 N–H and O–H groups in total. The van der Waals surface area contributed by atoms with Crippen molar-refractivity contribution in [1.29, 1.82) is 0 Å². The van der Waals surface area contributed by atoms with Crippen LogP contribution >= 0.6 is 11.6 Å². The van der Waals surface area contributed by atoms with Crippen LogP contribution in [0.1, 0.15) is 5.89 Å². The van der Waals surface area contributed by atoms with Crippen molar-refractivity contribution < 1.29 is 22.3 Å². The number of para-hydroxylation sites is 2. The molecule has 0 spiro atoms. The summed E-state index contributed by atoms with van der Waals surface area (Å²) < 4.78 is 47.5. The molecule has 0 atom stereocenters. The third kappa shape index (κ3) is 4.92. The van der Waals surface area contributed by atoms with E-state index in [0.29, 0.717) is 22.4 Å². The zero-order valence-electron chi connectivity index (χ0n) is 13.4. The Balaban J connectivity index is 1.67. The van der Waals surface area contributed by atoms with E-state index < -0.39 is 12.8 Å². The number of nitrogens with one attached hydrogen (secondary N) is 1. The molecule has 0 aliphatic rings. The van der Waals surface area contributed by atoms with Gasteiger partial charge in [-0.1, -0.05) is 35.9 Å². The van der Waals surface area contributed by atoms with Gasteiger partial charge < -0.3 is 14.5 Å². The molecule has 3 rings (SSSR count). The minimum absolute atomic E-state index is 0.103. The molecule has 26 heavy (non-hydrogen) atoms. The van der Waals surface area contributed by atoms with Crippen LogP contribution in [0.2, 0.25) is 5.02 Å². The third-order valence-corrected chi connectivity index (χ3v) is 3.61. The summed E-state index contributed by atoms with van der Waals surface area (Å²) in [5, 5.41) is 3.55. The lowest BCUT2D eigenvalue weighted by Crippen LogP contribution is -2.19. The maximum atomic E-state index is 12.3. The molecule has 136 valence electrons. The fourth-order valence-corrected chi connectivity index (χ4v) is 2.43. The van der Waals surface area contributed by atoms with Crippen LogP contribution in [0.3, 0.4) is 0 Å². The first-order chi connectivity index (χ1) is 12.4.